The average Bonchev–Trinajstić information content (AvgIpc) is 2.65. The molecule has 1 N–H and O–H groups in total. The lowest BCUT2D eigenvalue weighted by Gasteiger charge is -2.19. The van der Waals surface area contributed by atoms with Gasteiger partial charge in [0.2, 0.25) is 0 Å². The predicted octanol–water partition coefficient (Wildman–Crippen LogP) is 3.20. The molecule has 1 atom stereocenters. The number of methoxy groups -OCH3 is 1. The predicted molar refractivity (Wildman–Crippen MR) is 77.8 cm³/mol. The lowest BCUT2D eigenvalue weighted by atomic mass is 10.0. The number of nitrogens with one attached hydrogen (secondary N) is 1. The fraction of sp³-hybridized carbons (Fsp3) is 0.455. The summed E-state index contributed by atoms with van der Waals surface area (Å²) in [6.45, 7) is 3.70. The molecule has 0 fully saturated rings. The van der Waals surface area contributed by atoms with E-state index in [0.29, 0.717) is 4.88 Å². The maximum Gasteiger partial charge on any atom is 0.328 e. The van der Waals surface area contributed by atoms with Crippen molar-refractivity contribution in [3.63, 3.8) is 0 Å². The molecule has 100 valence electrons. The monoisotopic (exact) mass is 397 g/mol. The van der Waals surface area contributed by atoms with E-state index in [1.54, 1.807) is 6.07 Å². The number of halogens is 2. The van der Waals surface area contributed by atoms with Crippen molar-refractivity contribution in [2.24, 2.45) is 5.92 Å². The van der Waals surface area contributed by atoms with Crippen LogP contribution in [0.2, 0.25) is 0 Å². The topological polar surface area (TPSA) is 55.4 Å². The number of rotatable bonds is 4. The fourth-order valence-electron chi connectivity index (χ4n) is 1.30. The molecule has 0 spiro atoms. The summed E-state index contributed by atoms with van der Waals surface area (Å²) in [5, 5.41) is 2.68. The Morgan fingerprint density at radius 3 is 2.39 bits per heavy atom. The zero-order chi connectivity index (χ0) is 13.9. The second kappa shape index (κ2) is 6.68. The molecular formula is C11H13Br2NO3S. The van der Waals surface area contributed by atoms with Crippen LogP contribution in [0.15, 0.2) is 14.3 Å². The molecule has 0 aromatic carbocycles. The van der Waals surface area contributed by atoms with Crippen molar-refractivity contribution in [2.75, 3.05) is 7.11 Å². The minimum Gasteiger partial charge on any atom is -0.467 e. The van der Waals surface area contributed by atoms with Gasteiger partial charge in [0.25, 0.3) is 5.91 Å². The highest BCUT2D eigenvalue weighted by molar-refractivity contribution is 9.13. The summed E-state index contributed by atoms with van der Waals surface area (Å²) >= 11 is 7.94. The molecule has 0 aliphatic heterocycles. The third-order valence-corrected chi connectivity index (χ3v) is 5.53. The van der Waals surface area contributed by atoms with Crippen molar-refractivity contribution in [2.45, 2.75) is 19.9 Å². The molecule has 1 heterocycles. The van der Waals surface area contributed by atoms with Gasteiger partial charge in [0.05, 0.1) is 15.8 Å². The van der Waals surface area contributed by atoms with Gasteiger partial charge in [-0.3, -0.25) is 4.79 Å². The summed E-state index contributed by atoms with van der Waals surface area (Å²) in [5.41, 5.74) is 0. The van der Waals surface area contributed by atoms with Crippen LogP contribution >= 0.6 is 43.2 Å². The van der Waals surface area contributed by atoms with Gasteiger partial charge in [-0.25, -0.2) is 4.79 Å². The summed E-state index contributed by atoms with van der Waals surface area (Å²) in [6, 6.07) is 1.07. The highest BCUT2D eigenvalue weighted by Crippen LogP contribution is 2.32. The van der Waals surface area contributed by atoms with Gasteiger partial charge in [0, 0.05) is 4.47 Å². The smallest absolute Gasteiger partial charge is 0.328 e. The lowest BCUT2D eigenvalue weighted by Crippen LogP contribution is -2.44. The average molecular weight is 399 g/mol. The molecule has 0 saturated carbocycles. The molecule has 1 amide bonds. The minimum atomic E-state index is -0.637. The van der Waals surface area contributed by atoms with Crippen LogP contribution in [0.5, 0.6) is 0 Å². The maximum atomic E-state index is 12.0. The van der Waals surface area contributed by atoms with Crippen LogP contribution in [0.25, 0.3) is 0 Å². The van der Waals surface area contributed by atoms with E-state index in [0.717, 1.165) is 8.26 Å². The summed E-state index contributed by atoms with van der Waals surface area (Å²) in [5.74, 6) is -0.753. The van der Waals surface area contributed by atoms with Crippen LogP contribution in [-0.4, -0.2) is 25.0 Å². The van der Waals surface area contributed by atoms with E-state index in [1.165, 1.54) is 18.4 Å². The number of thiophene rings is 1. The third-order valence-electron chi connectivity index (χ3n) is 2.28. The van der Waals surface area contributed by atoms with E-state index in [9.17, 15) is 9.59 Å². The molecule has 4 nitrogen and oxygen atoms in total. The number of esters is 1. The Bertz CT molecular complexity index is 440. The summed E-state index contributed by atoms with van der Waals surface area (Å²) < 4.78 is 6.33. The first-order chi connectivity index (χ1) is 8.36. The van der Waals surface area contributed by atoms with Gasteiger partial charge in [-0.2, -0.15) is 0 Å². The Labute approximate surface area is 126 Å². The molecule has 1 rings (SSSR count). The van der Waals surface area contributed by atoms with Crippen LogP contribution in [0.1, 0.15) is 23.5 Å². The molecule has 7 heteroatoms. The van der Waals surface area contributed by atoms with Gasteiger partial charge in [-0.15, -0.1) is 11.3 Å². The summed E-state index contributed by atoms with van der Waals surface area (Å²) in [7, 11) is 1.31. The van der Waals surface area contributed by atoms with Crippen LogP contribution in [-0.2, 0) is 9.53 Å². The number of hydrogen-bond acceptors (Lipinski definition) is 4. The van der Waals surface area contributed by atoms with Crippen LogP contribution in [0.4, 0.5) is 0 Å². The molecule has 0 aliphatic carbocycles. The van der Waals surface area contributed by atoms with Crippen LogP contribution in [0.3, 0.4) is 0 Å². The summed E-state index contributed by atoms with van der Waals surface area (Å²) in [6.07, 6.45) is 0. The Hall–Kier alpha value is -0.400. The molecule has 1 aromatic heterocycles. The standard InChI is InChI=1S/C11H13Br2NO3S/c1-5(2)8(11(16)17-3)14-10(15)7-4-6(12)9(13)18-7/h4-5,8H,1-3H3,(H,14,15)/t8-/m1/s1. The Morgan fingerprint density at radius 1 is 1.39 bits per heavy atom. The summed E-state index contributed by atoms with van der Waals surface area (Å²) in [4.78, 5) is 24.1. The van der Waals surface area contributed by atoms with Crippen molar-refractivity contribution >= 4 is 55.1 Å². The largest absolute Gasteiger partial charge is 0.467 e. The maximum absolute atomic E-state index is 12.0. The first-order valence-electron chi connectivity index (χ1n) is 5.20. The highest BCUT2D eigenvalue weighted by Gasteiger charge is 2.26. The Kier molecular flexibility index (Phi) is 5.81. The quantitative estimate of drug-likeness (QED) is 0.792. The third kappa shape index (κ3) is 3.80. The van der Waals surface area contributed by atoms with Gasteiger partial charge < -0.3 is 10.1 Å². The van der Waals surface area contributed by atoms with Crippen molar-refractivity contribution < 1.29 is 14.3 Å². The van der Waals surface area contributed by atoms with Crippen molar-refractivity contribution in [3.05, 3.63) is 19.2 Å². The van der Waals surface area contributed by atoms with E-state index in [1.807, 2.05) is 13.8 Å². The number of carbonyl (C=O) groups is 2. The van der Waals surface area contributed by atoms with Crippen molar-refractivity contribution in [1.82, 2.24) is 5.32 Å². The molecule has 0 saturated heterocycles. The first-order valence-corrected chi connectivity index (χ1v) is 7.60. The fourth-order valence-corrected chi connectivity index (χ4v) is 3.23. The lowest BCUT2D eigenvalue weighted by molar-refractivity contribution is -0.144. The molecule has 0 unspecified atom stereocenters. The van der Waals surface area contributed by atoms with Crippen molar-refractivity contribution in [1.29, 1.82) is 0 Å². The molecule has 18 heavy (non-hydrogen) atoms. The van der Waals surface area contributed by atoms with Gasteiger partial charge >= 0.3 is 5.97 Å². The SMILES string of the molecule is COC(=O)[C@H](NC(=O)c1cc(Br)c(Br)s1)C(C)C. The van der Waals surface area contributed by atoms with E-state index >= 15 is 0 Å². The Balaban J connectivity index is 2.81. The minimum absolute atomic E-state index is 0.0340. The Morgan fingerprint density at radius 2 is 2.00 bits per heavy atom. The van der Waals surface area contributed by atoms with E-state index < -0.39 is 12.0 Å². The van der Waals surface area contributed by atoms with E-state index in [-0.39, 0.29) is 11.8 Å². The van der Waals surface area contributed by atoms with Gasteiger partial charge in [0.15, 0.2) is 0 Å². The highest BCUT2D eigenvalue weighted by atomic mass is 79.9. The molecule has 0 radical (unpaired) electrons. The normalized spacial score (nSPS) is 12.3. The van der Waals surface area contributed by atoms with Gasteiger partial charge in [-0.1, -0.05) is 13.8 Å². The molecule has 0 bridgehead atoms. The zero-order valence-corrected chi connectivity index (χ0v) is 14.1. The van der Waals surface area contributed by atoms with Crippen LogP contribution in [0, 0.1) is 5.92 Å². The number of hydrogen-bond donors (Lipinski definition) is 1. The molecule has 1 aromatic rings. The number of carbonyl (C=O) groups excluding carboxylic acids is 2. The second-order valence-electron chi connectivity index (χ2n) is 3.95. The zero-order valence-electron chi connectivity index (χ0n) is 10.1. The van der Waals surface area contributed by atoms with Crippen molar-refractivity contribution in [3.8, 4) is 0 Å². The van der Waals surface area contributed by atoms with E-state index in [4.69, 9.17) is 0 Å². The van der Waals surface area contributed by atoms with Gasteiger partial charge in [-0.05, 0) is 43.8 Å². The second-order valence-corrected chi connectivity index (χ2v) is 7.18. The number of ether oxygens (including phenoxy) is 1. The van der Waals surface area contributed by atoms with Crippen LogP contribution < -0.4 is 5.32 Å². The molecular weight excluding hydrogens is 386 g/mol. The molecule has 0 aliphatic rings. The van der Waals surface area contributed by atoms with E-state index in [2.05, 4.69) is 41.9 Å². The first kappa shape index (κ1) is 15.7. The van der Waals surface area contributed by atoms with Gasteiger partial charge in [0.1, 0.15) is 6.04 Å². The number of amides is 1.